The van der Waals surface area contributed by atoms with E-state index in [1.807, 2.05) is 18.2 Å². The lowest BCUT2D eigenvalue weighted by molar-refractivity contribution is 0.171. The van der Waals surface area contributed by atoms with E-state index in [-0.39, 0.29) is 0 Å². The summed E-state index contributed by atoms with van der Waals surface area (Å²) in [7, 11) is 0. The van der Waals surface area contributed by atoms with Gasteiger partial charge in [-0.05, 0) is 29.7 Å². The van der Waals surface area contributed by atoms with Gasteiger partial charge in [-0.1, -0.05) is 31.2 Å². The zero-order valence-electron chi connectivity index (χ0n) is 11.7. The molecule has 0 unspecified atom stereocenters. The second kappa shape index (κ2) is 5.87. The molecule has 3 heteroatoms. The van der Waals surface area contributed by atoms with E-state index in [0.29, 0.717) is 13.2 Å². The standard InChI is InChI=1S/C17H19NO2/c1-2-13-3-5-14(6-4-13)12-18-15-7-8-16-17(11-15)20-10-9-19-16/h3-8,11,18H,2,9-10,12H2,1H3. The van der Waals surface area contributed by atoms with Crippen molar-refractivity contribution in [2.45, 2.75) is 19.9 Å². The first kappa shape index (κ1) is 12.9. The Bertz CT molecular complexity index is 578. The van der Waals surface area contributed by atoms with E-state index in [1.165, 1.54) is 11.1 Å². The predicted octanol–water partition coefficient (Wildman–Crippen LogP) is 3.63. The van der Waals surface area contributed by atoms with Crippen molar-refractivity contribution in [3.05, 3.63) is 53.6 Å². The van der Waals surface area contributed by atoms with Gasteiger partial charge in [0.25, 0.3) is 0 Å². The minimum Gasteiger partial charge on any atom is -0.486 e. The Morgan fingerprint density at radius 3 is 2.35 bits per heavy atom. The molecule has 1 aliphatic rings. The quantitative estimate of drug-likeness (QED) is 0.919. The number of benzene rings is 2. The second-order valence-electron chi connectivity index (χ2n) is 4.88. The fourth-order valence-corrected chi connectivity index (χ4v) is 2.25. The Morgan fingerprint density at radius 1 is 0.900 bits per heavy atom. The molecule has 0 radical (unpaired) electrons. The predicted molar refractivity (Wildman–Crippen MR) is 80.6 cm³/mol. The molecule has 0 aliphatic carbocycles. The van der Waals surface area contributed by atoms with Crippen molar-refractivity contribution in [1.82, 2.24) is 0 Å². The Balaban J connectivity index is 1.65. The van der Waals surface area contributed by atoms with Crippen LogP contribution in [-0.2, 0) is 13.0 Å². The molecule has 1 heterocycles. The van der Waals surface area contributed by atoms with Gasteiger partial charge in [0.2, 0.25) is 0 Å². The third-order valence-corrected chi connectivity index (χ3v) is 3.47. The maximum atomic E-state index is 5.58. The molecule has 104 valence electrons. The first-order valence-corrected chi connectivity index (χ1v) is 7.06. The Morgan fingerprint density at radius 2 is 1.60 bits per heavy atom. The summed E-state index contributed by atoms with van der Waals surface area (Å²) in [6.45, 7) is 4.23. The van der Waals surface area contributed by atoms with Gasteiger partial charge >= 0.3 is 0 Å². The van der Waals surface area contributed by atoms with Crippen molar-refractivity contribution in [2.24, 2.45) is 0 Å². The maximum absolute atomic E-state index is 5.58. The van der Waals surface area contributed by atoms with E-state index in [1.54, 1.807) is 0 Å². The van der Waals surface area contributed by atoms with Crippen LogP contribution in [0.15, 0.2) is 42.5 Å². The highest BCUT2D eigenvalue weighted by molar-refractivity contribution is 5.55. The molecule has 20 heavy (non-hydrogen) atoms. The molecule has 0 fully saturated rings. The monoisotopic (exact) mass is 269 g/mol. The van der Waals surface area contributed by atoms with Gasteiger partial charge in [-0.25, -0.2) is 0 Å². The van der Waals surface area contributed by atoms with E-state index in [0.717, 1.165) is 30.2 Å². The van der Waals surface area contributed by atoms with Crippen LogP contribution in [0, 0.1) is 0 Å². The van der Waals surface area contributed by atoms with Crippen LogP contribution in [0.5, 0.6) is 11.5 Å². The summed E-state index contributed by atoms with van der Waals surface area (Å²) in [5.41, 5.74) is 3.69. The number of anilines is 1. The van der Waals surface area contributed by atoms with Crippen molar-refractivity contribution in [3.63, 3.8) is 0 Å². The minimum atomic E-state index is 0.620. The number of aryl methyl sites for hydroxylation is 1. The fourth-order valence-electron chi connectivity index (χ4n) is 2.25. The van der Waals surface area contributed by atoms with Gasteiger partial charge in [0.1, 0.15) is 13.2 Å². The summed E-state index contributed by atoms with van der Waals surface area (Å²) in [6.07, 6.45) is 1.08. The van der Waals surface area contributed by atoms with Crippen LogP contribution in [0.3, 0.4) is 0 Å². The van der Waals surface area contributed by atoms with Gasteiger partial charge in [0.05, 0.1) is 0 Å². The van der Waals surface area contributed by atoms with Crippen LogP contribution in [0.4, 0.5) is 5.69 Å². The third-order valence-electron chi connectivity index (χ3n) is 3.47. The van der Waals surface area contributed by atoms with Crippen molar-refractivity contribution in [1.29, 1.82) is 0 Å². The molecule has 2 aromatic rings. The third kappa shape index (κ3) is 2.87. The zero-order valence-corrected chi connectivity index (χ0v) is 11.7. The summed E-state index contributed by atoms with van der Waals surface area (Å²) in [5, 5.41) is 3.41. The zero-order chi connectivity index (χ0) is 13.8. The number of nitrogens with one attached hydrogen (secondary N) is 1. The van der Waals surface area contributed by atoms with Crippen molar-refractivity contribution < 1.29 is 9.47 Å². The van der Waals surface area contributed by atoms with E-state index in [4.69, 9.17) is 9.47 Å². The summed E-state index contributed by atoms with van der Waals surface area (Å²) in [4.78, 5) is 0. The van der Waals surface area contributed by atoms with E-state index in [2.05, 4.69) is 36.5 Å². The highest BCUT2D eigenvalue weighted by atomic mass is 16.6. The van der Waals surface area contributed by atoms with Gasteiger partial charge in [-0.15, -0.1) is 0 Å². The molecule has 2 aromatic carbocycles. The van der Waals surface area contributed by atoms with Crippen LogP contribution < -0.4 is 14.8 Å². The molecule has 0 aromatic heterocycles. The highest BCUT2D eigenvalue weighted by Gasteiger charge is 2.11. The normalized spacial score (nSPS) is 13.1. The molecule has 3 nitrogen and oxygen atoms in total. The van der Waals surface area contributed by atoms with Crippen LogP contribution in [-0.4, -0.2) is 13.2 Å². The van der Waals surface area contributed by atoms with Gasteiger partial charge in [-0.3, -0.25) is 0 Å². The maximum Gasteiger partial charge on any atom is 0.163 e. The number of hydrogen-bond acceptors (Lipinski definition) is 3. The minimum absolute atomic E-state index is 0.620. The van der Waals surface area contributed by atoms with Crippen LogP contribution in [0.2, 0.25) is 0 Å². The SMILES string of the molecule is CCc1ccc(CNc2ccc3c(c2)OCCO3)cc1. The fraction of sp³-hybridized carbons (Fsp3) is 0.294. The molecule has 0 bridgehead atoms. The lowest BCUT2D eigenvalue weighted by Crippen LogP contribution is -2.15. The lowest BCUT2D eigenvalue weighted by Gasteiger charge is -2.19. The van der Waals surface area contributed by atoms with Crippen molar-refractivity contribution >= 4 is 5.69 Å². The molecular weight excluding hydrogens is 250 g/mol. The summed E-state index contributed by atoms with van der Waals surface area (Å²) >= 11 is 0. The average Bonchev–Trinajstić information content (AvgIpc) is 2.53. The van der Waals surface area contributed by atoms with Gasteiger partial charge < -0.3 is 14.8 Å². The first-order valence-electron chi connectivity index (χ1n) is 7.06. The molecule has 1 N–H and O–H groups in total. The number of rotatable bonds is 4. The summed E-state index contributed by atoms with van der Waals surface area (Å²) < 4.78 is 11.1. The molecule has 3 rings (SSSR count). The Labute approximate surface area is 119 Å². The number of ether oxygens (including phenoxy) is 2. The van der Waals surface area contributed by atoms with E-state index >= 15 is 0 Å². The smallest absolute Gasteiger partial charge is 0.163 e. The second-order valence-corrected chi connectivity index (χ2v) is 4.88. The van der Waals surface area contributed by atoms with Crippen molar-refractivity contribution in [3.8, 4) is 11.5 Å². The van der Waals surface area contributed by atoms with E-state index < -0.39 is 0 Å². The number of fused-ring (bicyclic) bond motifs is 1. The van der Waals surface area contributed by atoms with Gasteiger partial charge in [0.15, 0.2) is 11.5 Å². The molecular formula is C17H19NO2. The molecule has 0 spiro atoms. The van der Waals surface area contributed by atoms with Gasteiger partial charge in [-0.2, -0.15) is 0 Å². The van der Waals surface area contributed by atoms with Crippen LogP contribution >= 0.6 is 0 Å². The Hall–Kier alpha value is -2.16. The molecule has 0 saturated carbocycles. The summed E-state index contributed by atoms with van der Waals surface area (Å²) in [5.74, 6) is 1.65. The Kier molecular flexibility index (Phi) is 3.77. The van der Waals surface area contributed by atoms with E-state index in [9.17, 15) is 0 Å². The lowest BCUT2D eigenvalue weighted by atomic mass is 10.1. The number of hydrogen-bond donors (Lipinski definition) is 1. The topological polar surface area (TPSA) is 30.5 Å². The molecule has 0 amide bonds. The van der Waals surface area contributed by atoms with Crippen LogP contribution in [0.25, 0.3) is 0 Å². The molecule has 0 atom stereocenters. The summed E-state index contributed by atoms with van der Waals surface area (Å²) in [6, 6.07) is 14.7. The first-order chi connectivity index (χ1) is 9.85. The van der Waals surface area contributed by atoms with Gasteiger partial charge in [0, 0.05) is 18.3 Å². The van der Waals surface area contributed by atoms with Crippen LogP contribution in [0.1, 0.15) is 18.1 Å². The highest BCUT2D eigenvalue weighted by Crippen LogP contribution is 2.32. The van der Waals surface area contributed by atoms with Crippen molar-refractivity contribution in [2.75, 3.05) is 18.5 Å². The molecule has 1 aliphatic heterocycles. The molecule has 0 saturated heterocycles. The largest absolute Gasteiger partial charge is 0.486 e. The average molecular weight is 269 g/mol.